The van der Waals surface area contributed by atoms with E-state index in [9.17, 15) is 13.2 Å². The third-order valence-corrected chi connectivity index (χ3v) is 6.29. The fraction of sp³-hybridized carbons (Fsp3) is 0.200. The summed E-state index contributed by atoms with van der Waals surface area (Å²) in [5.74, 6) is -0.291. The third-order valence-electron chi connectivity index (χ3n) is 5.38. The predicted molar refractivity (Wildman–Crippen MR) is 131 cm³/mol. The Morgan fingerprint density at radius 3 is 2.33 bits per heavy atom. The van der Waals surface area contributed by atoms with Crippen LogP contribution >= 0.6 is 0 Å². The number of benzene rings is 3. The highest BCUT2D eigenvalue weighted by atomic mass is 32.2. The van der Waals surface area contributed by atoms with Crippen LogP contribution in [0.4, 0.5) is 5.69 Å². The molecular formula is C25H28N4O3S. The van der Waals surface area contributed by atoms with E-state index in [-0.39, 0.29) is 22.6 Å². The van der Waals surface area contributed by atoms with Crippen molar-refractivity contribution in [1.29, 1.82) is 5.41 Å². The normalized spacial score (nSPS) is 12.2. The first-order valence-electron chi connectivity index (χ1n) is 10.6. The highest BCUT2D eigenvalue weighted by molar-refractivity contribution is 7.89. The second-order valence-corrected chi connectivity index (χ2v) is 9.50. The van der Waals surface area contributed by atoms with Gasteiger partial charge in [-0.3, -0.25) is 10.2 Å². The van der Waals surface area contributed by atoms with E-state index in [2.05, 4.69) is 5.32 Å². The van der Waals surface area contributed by atoms with Gasteiger partial charge in [0.1, 0.15) is 5.84 Å². The smallest absolute Gasteiger partial charge is 0.238 e. The fourth-order valence-corrected chi connectivity index (χ4v) is 4.23. The van der Waals surface area contributed by atoms with Crippen molar-refractivity contribution in [3.8, 4) is 11.1 Å². The molecule has 0 aliphatic rings. The van der Waals surface area contributed by atoms with Crippen molar-refractivity contribution in [2.75, 3.05) is 5.32 Å². The summed E-state index contributed by atoms with van der Waals surface area (Å²) in [4.78, 5) is 13.0. The first kappa shape index (κ1) is 24.2. The molecule has 3 aromatic carbocycles. The van der Waals surface area contributed by atoms with E-state index in [0.717, 1.165) is 24.0 Å². The maximum Gasteiger partial charge on any atom is 0.238 e. The molecule has 0 heterocycles. The van der Waals surface area contributed by atoms with Gasteiger partial charge in [-0.25, -0.2) is 13.6 Å². The second kappa shape index (κ2) is 10.4. The molecule has 0 aliphatic heterocycles. The van der Waals surface area contributed by atoms with Gasteiger partial charge >= 0.3 is 0 Å². The molecule has 0 bridgehead atoms. The average Bonchev–Trinajstić information content (AvgIpc) is 2.79. The zero-order valence-corrected chi connectivity index (χ0v) is 19.2. The number of rotatable bonds is 9. The molecule has 1 amide bonds. The Balaban J connectivity index is 1.73. The van der Waals surface area contributed by atoms with Crippen molar-refractivity contribution in [3.63, 3.8) is 0 Å². The van der Waals surface area contributed by atoms with Gasteiger partial charge < -0.3 is 11.1 Å². The van der Waals surface area contributed by atoms with E-state index < -0.39 is 10.0 Å². The van der Waals surface area contributed by atoms with Crippen LogP contribution < -0.4 is 16.2 Å². The molecule has 3 rings (SSSR count). The molecule has 0 fully saturated rings. The van der Waals surface area contributed by atoms with Gasteiger partial charge in [0.2, 0.25) is 15.9 Å². The molecule has 172 valence electrons. The van der Waals surface area contributed by atoms with Crippen LogP contribution in [0.15, 0.2) is 77.7 Å². The van der Waals surface area contributed by atoms with Crippen LogP contribution in [0.5, 0.6) is 0 Å². The quantitative estimate of drug-likeness (QED) is 0.282. The molecule has 0 spiro atoms. The van der Waals surface area contributed by atoms with Gasteiger partial charge in [0.05, 0.1) is 4.90 Å². The monoisotopic (exact) mass is 464 g/mol. The standard InChI is InChI=1S/C25H28N4O3S/c1-2-5-21(15-17-6-3-8-20(14-17)24(26)27)25(30)29-22-12-10-18(11-13-22)19-7-4-9-23(16-19)33(28,31)32/h3-4,6-14,16,21H,2,5,15H2,1H3,(H3,26,27)(H,29,30)(H2,28,31,32). The number of nitrogens with one attached hydrogen (secondary N) is 2. The van der Waals surface area contributed by atoms with Crippen molar-refractivity contribution in [3.05, 3.63) is 83.9 Å². The van der Waals surface area contributed by atoms with Gasteiger partial charge in [-0.05, 0) is 59.9 Å². The van der Waals surface area contributed by atoms with Crippen LogP contribution in [-0.2, 0) is 21.2 Å². The Kier molecular flexibility index (Phi) is 7.63. The minimum Gasteiger partial charge on any atom is -0.384 e. The lowest BCUT2D eigenvalue weighted by Gasteiger charge is -2.17. The maximum atomic E-state index is 13.0. The summed E-state index contributed by atoms with van der Waals surface area (Å²) >= 11 is 0. The Labute approximate surface area is 194 Å². The van der Waals surface area contributed by atoms with E-state index in [1.807, 2.05) is 37.3 Å². The van der Waals surface area contributed by atoms with Crippen molar-refractivity contribution in [2.24, 2.45) is 16.8 Å². The molecule has 0 aromatic heterocycles. The Morgan fingerprint density at radius 2 is 1.70 bits per heavy atom. The highest BCUT2D eigenvalue weighted by Gasteiger charge is 2.19. The van der Waals surface area contributed by atoms with Gasteiger partial charge in [0.15, 0.2) is 0 Å². The van der Waals surface area contributed by atoms with Crippen LogP contribution in [0.2, 0.25) is 0 Å². The summed E-state index contributed by atoms with van der Waals surface area (Å²) in [5.41, 5.74) is 9.37. The van der Waals surface area contributed by atoms with Gasteiger partial charge in [-0.1, -0.05) is 55.8 Å². The van der Waals surface area contributed by atoms with Gasteiger partial charge in [0, 0.05) is 17.2 Å². The number of hydrogen-bond donors (Lipinski definition) is 4. The van der Waals surface area contributed by atoms with Crippen LogP contribution in [0.25, 0.3) is 11.1 Å². The zero-order valence-electron chi connectivity index (χ0n) is 18.4. The van der Waals surface area contributed by atoms with Crippen LogP contribution in [0, 0.1) is 11.3 Å². The molecule has 0 saturated heterocycles. The van der Waals surface area contributed by atoms with Crippen LogP contribution in [0.1, 0.15) is 30.9 Å². The first-order chi connectivity index (χ1) is 15.7. The number of nitrogens with two attached hydrogens (primary N) is 2. The van der Waals surface area contributed by atoms with Crippen molar-refractivity contribution in [2.45, 2.75) is 31.1 Å². The average molecular weight is 465 g/mol. The fourth-order valence-electron chi connectivity index (χ4n) is 3.67. The van der Waals surface area contributed by atoms with Crippen molar-refractivity contribution < 1.29 is 13.2 Å². The lowest BCUT2D eigenvalue weighted by Crippen LogP contribution is -2.24. The van der Waals surface area contributed by atoms with E-state index in [0.29, 0.717) is 23.2 Å². The summed E-state index contributed by atoms with van der Waals surface area (Å²) in [5, 5.41) is 15.8. The number of carbonyl (C=O) groups excluding carboxylic acids is 1. The van der Waals surface area contributed by atoms with E-state index in [4.69, 9.17) is 16.3 Å². The van der Waals surface area contributed by atoms with Crippen molar-refractivity contribution >= 4 is 27.5 Å². The number of sulfonamides is 1. The van der Waals surface area contributed by atoms with E-state index in [1.165, 1.54) is 12.1 Å². The molecule has 6 N–H and O–H groups in total. The molecule has 0 aliphatic carbocycles. The summed E-state index contributed by atoms with van der Waals surface area (Å²) in [6.45, 7) is 2.04. The second-order valence-electron chi connectivity index (χ2n) is 7.94. The Hall–Kier alpha value is -3.49. The van der Waals surface area contributed by atoms with Crippen molar-refractivity contribution in [1.82, 2.24) is 0 Å². The number of carbonyl (C=O) groups is 1. The SMILES string of the molecule is CCCC(Cc1cccc(C(=N)N)c1)C(=O)Nc1ccc(-c2cccc(S(N)(=O)=O)c2)cc1. The maximum absolute atomic E-state index is 13.0. The molecule has 1 atom stereocenters. The highest BCUT2D eigenvalue weighted by Crippen LogP contribution is 2.24. The van der Waals surface area contributed by atoms with E-state index >= 15 is 0 Å². The lowest BCUT2D eigenvalue weighted by atomic mass is 9.93. The summed E-state index contributed by atoms with van der Waals surface area (Å²) in [6.07, 6.45) is 2.15. The summed E-state index contributed by atoms with van der Waals surface area (Å²) in [7, 11) is -3.78. The van der Waals surface area contributed by atoms with E-state index in [1.54, 1.807) is 30.3 Å². The summed E-state index contributed by atoms with van der Waals surface area (Å²) < 4.78 is 23.2. The first-order valence-corrected chi connectivity index (χ1v) is 12.2. The predicted octanol–water partition coefficient (Wildman–Crippen LogP) is 3.88. The van der Waals surface area contributed by atoms with Gasteiger partial charge in [-0.2, -0.15) is 0 Å². The number of hydrogen-bond acceptors (Lipinski definition) is 4. The third kappa shape index (κ3) is 6.50. The Bertz CT molecular complexity index is 1250. The lowest BCUT2D eigenvalue weighted by molar-refractivity contribution is -0.120. The molecule has 1 unspecified atom stereocenters. The molecule has 0 radical (unpaired) electrons. The molecule has 8 heteroatoms. The topological polar surface area (TPSA) is 139 Å². The number of amides is 1. The molecule has 0 saturated carbocycles. The van der Waals surface area contributed by atoms with Gasteiger partial charge in [-0.15, -0.1) is 0 Å². The number of primary sulfonamides is 1. The molecule has 3 aromatic rings. The van der Waals surface area contributed by atoms with Crippen LogP contribution in [-0.4, -0.2) is 20.2 Å². The number of amidine groups is 1. The van der Waals surface area contributed by atoms with Crippen LogP contribution in [0.3, 0.4) is 0 Å². The number of nitrogen functional groups attached to an aromatic ring is 1. The largest absolute Gasteiger partial charge is 0.384 e. The minimum atomic E-state index is -3.78. The summed E-state index contributed by atoms with van der Waals surface area (Å²) in [6, 6.07) is 21.0. The number of anilines is 1. The molecule has 33 heavy (non-hydrogen) atoms. The minimum absolute atomic E-state index is 0.00281. The van der Waals surface area contributed by atoms with Gasteiger partial charge in [0.25, 0.3) is 0 Å². The Morgan fingerprint density at radius 1 is 1.00 bits per heavy atom. The molecule has 7 nitrogen and oxygen atoms in total. The molecular weight excluding hydrogens is 436 g/mol. The zero-order chi connectivity index (χ0) is 24.0.